The monoisotopic (exact) mass is 350 g/mol. The van der Waals surface area contributed by atoms with E-state index in [9.17, 15) is 0 Å². The van der Waals surface area contributed by atoms with Crippen LogP contribution in [0.5, 0.6) is 0 Å². The first-order valence-corrected chi connectivity index (χ1v) is 13.9. The van der Waals surface area contributed by atoms with Crippen molar-refractivity contribution in [3.63, 3.8) is 0 Å². The number of hydrogen-bond acceptors (Lipinski definition) is 1. The van der Waals surface area contributed by atoms with Gasteiger partial charge in [-0.05, 0) is 0 Å². The minimum absolute atomic E-state index is 0.535. The summed E-state index contributed by atoms with van der Waals surface area (Å²) in [4.78, 5) is 0. The van der Waals surface area contributed by atoms with Gasteiger partial charge in [0.2, 0.25) is 0 Å². The number of halogens is 1. The number of ether oxygens (including phenoxy) is 1. The van der Waals surface area contributed by atoms with Gasteiger partial charge in [0.15, 0.2) is 0 Å². The van der Waals surface area contributed by atoms with Crippen LogP contribution in [-0.2, 0) is 28.1 Å². The molecule has 1 aliphatic rings. The van der Waals surface area contributed by atoms with E-state index in [1.54, 1.807) is 0 Å². The second-order valence-corrected chi connectivity index (χ2v) is 11.0. The fraction of sp³-hybridized carbons (Fsp3) is 1.00. The third-order valence-electron chi connectivity index (χ3n) is 2.34. The van der Waals surface area contributed by atoms with Gasteiger partial charge < -0.3 is 0 Å². The van der Waals surface area contributed by atoms with E-state index in [-0.39, 0.29) is 0 Å². The molecule has 0 bridgehead atoms. The first kappa shape index (κ1) is 9.27. The molecule has 0 aromatic heterocycles. The van der Waals surface area contributed by atoms with Crippen molar-refractivity contribution in [1.29, 1.82) is 0 Å². The molecule has 0 amide bonds. The van der Waals surface area contributed by atoms with Gasteiger partial charge >= 0.3 is 78.6 Å². The Morgan fingerprint density at radius 3 is 2.60 bits per heavy atom. The van der Waals surface area contributed by atoms with Crippen molar-refractivity contribution in [1.82, 2.24) is 0 Å². The van der Waals surface area contributed by atoms with Crippen LogP contribution in [0.15, 0.2) is 0 Å². The summed E-state index contributed by atoms with van der Waals surface area (Å²) in [6, 6.07) is 0. The van der Waals surface area contributed by atoms with Crippen molar-refractivity contribution in [2.75, 3.05) is 7.11 Å². The Kier molecular flexibility index (Phi) is 4.58. The van der Waals surface area contributed by atoms with Gasteiger partial charge in [-0.15, -0.1) is 0 Å². The second kappa shape index (κ2) is 4.94. The van der Waals surface area contributed by atoms with Crippen molar-refractivity contribution in [3.05, 3.63) is 0 Å². The zero-order valence-corrected chi connectivity index (χ0v) is 12.7. The van der Waals surface area contributed by atoms with Gasteiger partial charge in [-0.1, -0.05) is 0 Å². The van der Waals surface area contributed by atoms with E-state index >= 15 is 0 Å². The normalized spacial score (nSPS) is 33.4. The second-order valence-electron chi connectivity index (χ2n) is 2.97. The molecule has 0 saturated heterocycles. The van der Waals surface area contributed by atoms with Crippen LogP contribution in [0.4, 0.5) is 0 Å². The van der Waals surface area contributed by atoms with Crippen LogP contribution in [0.1, 0.15) is 25.7 Å². The summed E-state index contributed by atoms with van der Waals surface area (Å²) >= 11 is -1.01. The summed E-state index contributed by atoms with van der Waals surface area (Å²) in [7, 11) is 7.82. The van der Waals surface area contributed by atoms with Crippen LogP contribution in [0.25, 0.3) is 0 Å². The van der Waals surface area contributed by atoms with Crippen LogP contribution in [0.2, 0.25) is 3.43 Å². The van der Waals surface area contributed by atoms with Crippen molar-refractivity contribution >= 4 is 8.25 Å². The van der Waals surface area contributed by atoms with Crippen LogP contribution in [0, 0.1) is 0 Å². The topological polar surface area (TPSA) is 9.23 Å². The zero-order valence-electron chi connectivity index (χ0n) is 6.48. The molecule has 0 radical (unpaired) electrons. The summed E-state index contributed by atoms with van der Waals surface area (Å²) < 4.78 is 6.20. The molecule has 3 heteroatoms. The maximum absolute atomic E-state index is 6.00. The van der Waals surface area contributed by atoms with Gasteiger partial charge in [0, 0.05) is 0 Å². The van der Waals surface area contributed by atoms with Gasteiger partial charge in [-0.25, -0.2) is 0 Å². The predicted octanol–water partition coefficient (Wildman–Crippen LogP) is 2.60. The Morgan fingerprint density at radius 2 is 2.10 bits per heavy atom. The molecule has 1 nitrogen and oxygen atoms in total. The Labute approximate surface area is 78.3 Å². The molecular formula is C7H13ClHgO. The fourth-order valence-electron chi connectivity index (χ4n) is 1.66. The number of rotatable bonds is 2. The van der Waals surface area contributed by atoms with Crippen LogP contribution in [-0.4, -0.2) is 13.2 Å². The van der Waals surface area contributed by atoms with E-state index in [1.165, 1.54) is 25.7 Å². The van der Waals surface area contributed by atoms with Crippen molar-refractivity contribution in [2.45, 2.75) is 35.2 Å². The molecule has 1 rings (SSSR count). The average Bonchev–Trinajstić information content (AvgIpc) is 2.04. The van der Waals surface area contributed by atoms with Crippen molar-refractivity contribution in [3.8, 4) is 0 Å². The Hall–Kier alpha value is 1.19. The summed E-state index contributed by atoms with van der Waals surface area (Å²) in [5.74, 6) is 0. The fourth-order valence-corrected chi connectivity index (χ4v) is 8.92. The van der Waals surface area contributed by atoms with E-state index in [0.29, 0.717) is 6.10 Å². The van der Waals surface area contributed by atoms with E-state index in [2.05, 4.69) is 0 Å². The molecule has 56 valence electrons. The summed E-state index contributed by atoms with van der Waals surface area (Å²) in [5.41, 5.74) is 0. The number of hydrogen-bond donors (Lipinski definition) is 0. The standard InChI is InChI=1S/C7H13O.ClH.Hg/c1-8-7-5-3-2-4-6-7;;/h5,7H,2-4,6H2,1H3;1H;/q;;+1/p-1. The third-order valence-corrected chi connectivity index (χ3v) is 11.0. The minimum atomic E-state index is -1.01. The number of methoxy groups -OCH3 is 1. The van der Waals surface area contributed by atoms with E-state index in [0.717, 1.165) is 3.43 Å². The van der Waals surface area contributed by atoms with E-state index in [4.69, 9.17) is 13.0 Å². The Balaban J connectivity index is 2.34. The van der Waals surface area contributed by atoms with Crippen LogP contribution < -0.4 is 0 Å². The van der Waals surface area contributed by atoms with Gasteiger partial charge in [0.1, 0.15) is 0 Å². The Morgan fingerprint density at radius 1 is 1.40 bits per heavy atom. The summed E-state index contributed by atoms with van der Waals surface area (Å²) in [6.45, 7) is 0. The molecule has 10 heavy (non-hydrogen) atoms. The SMILES string of the molecule is COC1CCCC[CH]1[Hg][Cl]. The molecule has 0 aromatic carbocycles. The molecule has 2 atom stereocenters. The zero-order chi connectivity index (χ0) is 7.40. The average molecular weight is 349 g/mol. The molecule has 0 spiro atoms. The van der Waals surface area contributed by atoms with Gasteiger partial charge in [0.05, 0.1) is 0 Å². The molecule has 1 saturated carbocycles. The summed E-state index contributed by atoms with van der Waals surface area (Å²) in [5, 5.41) is 0. The first-order chi connectivity index (χ1) is 4.88. The van der Waals surface area contributed by atoms with Crippen molar-refractivity contribution in [2.24, 2.45) is 0 Å². The van der Waals surface area contributed by atoms with Crippen LogP contribution >= 0.6 is 8.25 Å². The molecule has 0 N–H and O–H groups in total. The molecule has 1 fully saturated rings. The quantitative estimate of drug-likeness (QED) is 0.697. The molecule has 0 heterocycles. The molecule has 0 aliphatic heterocycles. The molecule has 1 aliphatic carbocycles. The maximum atomic E-state index is 6.00. The van der Waals surface area contributed by atoms with Gasteiger partial charge in [0.25, 0.3) is 0 Å². The summed E-state index contributed by atoms with van der Waals surface area (Å²) in [6.07, 6.45) is 5.88. The third kappa shape index (κ3) is 2.35. The van der Waals surface area contributed by atoms with Crippen molar-refractivity contribution < 1.29 is 28.1 Å². The molecular weight excluding hydrogens is 336 g/mol. The van der Waals surface area contributed by atoms with E-state index < -0.39 is 23.3 Å². The van der Waals surface area contributed by atoms with Crippen LogP contribution in [0.3, 0.4) is 0 Å². The molecule has 2 unspecified atom stereocenters. The first-order valence-electron chi connectivity index (χ1n) is 3.97. The van der Waals surface area contributed by atoms with Gasteiger partial charge in [-0.3, -0.25) is 0 Å². The predicted molar refractivity (Wildman–Crippen MR) is 38.9 cm³/mol. The Bertz CT molecular complexity index is 87.6. The molecule has 0 aromatic rings. The van der Waals surface area contributed by atoms with E-state index in [1.807, 2.05) is 7.11 Å². The van der Waals surface area contributed by atoms with Gasteiger partial charge in [-0.2, -0.15) is 0 Å².